The second-order valence-electron chi connectivity index (χ2n) is 0. The van der Waals surface area contributed by atoms with E-state index in [0.717, 1.165) is 7.11 Å². The molecule has 0 saturated heterocycles. The fraction of sp³-hybridized carbons (Fsp3) is 1.00. The zero-order valence-electron chi connectivity index (χ0n) is 4.08. The third-order valence-corrected chi connectivity index (χ3v) is 0. The van der Waals surface area contributed by atoms with Gasteiger partial charge in [0.1, 0.15) is 0 Å². The largest absolute Gasteiger partial charge is 0.400 e. The van der Waals surface area contributed by atoms with Crippen molar-refractivity contribution in [3.05, 3.63) is 0 Å². The van der Waals surface area contributed by atoms with Crippen molar-refractivity contribution in [2.45, 2.75) is 0 Å². The van der Waals surface area contributed by atoms with E-state index in [-0.39, 0.29) is 97.5 Å². The average Bonchev–Trinajstić information content (AvgIpc) is 1.00. The molecule has 0 heterocycles. The summed E-state index contributed by atoms with van der Waals surface area (Å²) in [7, 11) is 1.00. The quantitative estimate of drug-likeness (QED) is 0.668. The minimum Gasteiger partial charge on any atom is -0.400 e. The van der Waals surface area contributed by atoms with Gasteiger partial charge in [0, 0.05) is 55.0 Å². The standard InChI is InChI=1S/CH4O.4ClH.Ti.Zr/c1-2;;;;;;/h2H,1H3;4*1H;;. The molecule has 0 bridgehead atoms. The number of aliphatic hydroxyl groups is 1. The summed E-state index contributed by atoms with van der Waals surface area (Å²) in [6, 6.07) is 0. The fourth-order valence-electron chi connectivity index (χ4n) is 0. The van der Waals surface area contributed by atoms with Gasteiger partial charge in [0.05, 0.1) is 0 Å². The SMILES string of the molecule is CO.Cl.Cl.Cl.Cl.[Ti].[Zr]. The normalized spacial score (nSPS) is 0.750. The van der Waals surface area contributed by atoms with Crippen LogP contribution in [0.1, 0.15) is 0 Å². The third kappa shape index (κ3) is 70.3. The van der Waals surface area contributed by atoms with Crippen molar-refractivity contribution in [1.29, 1.82) is 0 Å². The predicted octanol–water partition coefficient (Wildman–Crippen LogP) is 1.29. The van der Waals surface area contributed by atoms with Crippen LogP contribution in [0.15, 0.2) is 0 Å². The van der Waals surface area contributed by atoms with Crippen LogP contribution in [0.5, 0.6) is 0 Å². The molecule has 0 unspecified atom stereocenters. The maximum absolute atomic E-state index is 7.00. The molecule has 7 heteroatoms. The summed E-state index contributed by atoms with van der Waals surface area (Å²) in [5.41, 5.74) is 0. The van der Waals surface area contributed by atoms with E-state index in [9.17, 15) is 0 Å². The Balaban J connectivity index is -0.000000000333. The zero-order valence-corrected chi connectivity index (χ0v) is 11.4. The molecule has 0 saturated carbocycles. The summed E-state index contributed by atoms with van der Waals surface area (Å²) in [6.07, 6.45) is 0. The molecule has 0 aliphatic rings. The van der Waals surface area contributed by atoms with E-state index in [1.54, 1.807) is 0 Å². The van der Waals surface area contributed by atoms with Crippen molar-refractivity contribution in [3.63, 3.8) is 0 Å². The molecule has 0 aliphatic carbocycles. The molecule has 1 nitrogen and oxygen atoms in total. The van der Waals surface area contributed by atoms with Crippen molar-refractivity contribution in [2.24, 2.45) is 0 Å². The van der Waals surface area contributed by atoms with E-state index in [2.05, 4.69) is 0 Å². The van der Waals surface area contributed by atoms with Crippen LogP contribution in [0.25, 0.3) is 0 Å². The molecule has 0 aliphatic heterocycles. The van der Waals surface area contributed by atoms with Crippen LogP contribution in [0.3, 0.4) is 0 Å². The van der Waals surface area contributed by atoms with Gasteiger partial charge in [-0.25, -0.2) is 0 Å². The van der Waals surface area contributed by atoms with Gasteiger partial charge in [-0.05, 0) is 0 Å². The zero-order chi connectivity index (χ0) is 2.00. The van der Waals surface area contributed by atoms with Crippen molar-refractivity contribution in [3.8, 4) is 0 Å². The van der Waals surface area contributed by atoms with Gasteiger partial charge in [-0.2, -0.15) is 0 Å². The Hall–Kier alpha value is 2.72. The van der Waals surface area contributed by atoms with Crippen molar-refractivity contribution < 1.29 is 53.0 Å². The summed E-state index contributed by atoms with van der Waals surface area (Å²) in [5, 5.41) is 7.00. The topological polar surface area (TPSA) is 20.2 Å². The van der Waals surface area contributed by atoms with Gasteiger partial charge in [-0.3, -0.25) is 0 Å². The molecular formula is CH8Cl4OTiZr. The summed E-state index contributed by atoms with van der Waals surface area (Å²) < 4.78 is 0. The molecule has 0 aromatic heterocycles. The minimum absolute atomic E-state index is 0. The molecule has 54 valence electrons. The van der Waals surface area contributed by atoms with Gasteiger partial charge in [-0.1, -0.05) is 0 Å². The molecule has 8 heavy (non-hydrogen) atoms. The molecule has 0 aromatic carbocycles. The Morgan fingerprint density at radius 3 is 0.750 bits per heavy atom. The third-order valence-electron chi connectivity index (χ3n) is 0. The summed E-state index contributed by atoms with van der Waals surface area (Å²) >= 11 is 0. The van der Waals surface area contributed by atoms with Crippen LogP contribution in [-0.4, -0.2) is 12.2 Å². The van der Waals surface area contributed by atoms with Crippen molar-refractivity contribution in [2.75, 3.05) is 7.11 Å². The van der Waals surface area contributed by atoms with Gasteiger partial charge in [0.25, 0.3) is 0 Å². The van der Waals surface area contributed by atoms with E-state index in [0.29, 0.717) is 0 Å². The van der Waals surface area contributed by atoms with Gasteiger partial charge in [0.15, 0.2) is 0 Å². The second kappa shape index (κ2) is 100. The van der Waals surface area contributed by atoms with Crippen LogP contribution in [0, 0.1) is 0 Å². The number of hydrogen-bond acceptors (Lipinski definition) is 1. The smallest absolute Gasteiger partial charge is 0.0319 e. The van der Waals surface area contributed by atoms with E-state index < -0.39 is 0 Å². The molecule has 0 atom stereocenters. The maximum atomic E-state index is 7.00. The van der Waals surface area contributed by atoms with Crippen LogP contribution in [0.4, 0.5) is 0 Å². The summed E-state index contributed by atoms with van der Waals surface area (Å²) in [5.74, 6) is 0. The van der Waals surface area contributed by atoms with Crippen LogP contribution in [-0.2, 0) is 47.9 Å². The van der Waals surface area contributed by atoms with Crippen LogP contribution >= 0.6 is 49.6 Å². The molecule has 1 N–H and O–H groups in total. The molecule has 0 rings (SSSR count). The Bertz CT molecular complexity index is 16.0. The first-order valence-corrected chi connectivity index (χ1v) is 0.447. The minimum atomic E-state index is 0. The Labute approximate surface area is 108 Å². The molecule has 0 amide bonds. The van der Waals surface area contributed by atoms with Gasteiger partial charge in [-0.15, -0.1) is 49.6 Å². The maximum Gasteiger partial charge on any atom is 0.0319 e. The van der Waals surface area contributed by atoms with E-state index >= 15 is 0 Å². The first-order chi connectivity index (χ1) is 1.00. The van der Waals surface area contributed by atoms with E-state index in [4.69, 9.17) is 5.11 Å². The summed E-state index contributed by atoms with van der Waals surface area (Å²) in [4.78, 5) is 0. The number of hydrogen-bond donors (Lipinski definition) is 1. The predicted molar refractivity (Wildman–Crippen MR) is 37.1 cm³/mol. The molecule has 0 fully saturated rings. The second-order valence-corrected chi connectivity index (χ2v) is 0. The van der Waals surface area contributed by atoms with E-state index in [1.807, 2.05) is 0 Å². The van der Waals surface area contributed by atoms with E-state index in [1.165, 1.54) is 0 Å². The Morgan fingerprint density at radius 1 is 0.750 bits per heavy atom. The molecule has 0 radical (unpaired) electrons. The number of rotatable bonds is 0. The molecular weight excluding hydrogens is 309 g/mol. The Morgan fingerprint density at radius 2 is 0.750 bits per heavy atom. The van der Waals surface area contributed by atoms with Gasteiger partial charge < -0.3 is 5.11 Å². The van der Waals surface area contributed by atoms with Crippen LogP contribution < -0.4 is 0 Å². The van der Waals surface area contributed by atoms with Crippen molar-refractivity contribution >= 4 is 49.6 Å². The first-order valence-electron chi connectivity index (χ1n) is 0.447. The van der Waals surface area contributed by atoms with Crippen molar-refractivity contribution in [1.82, 2.24) is 0 Å². The Kier molecular flexibility index (Phi) is 915. The monoisotopic (exact) mass is 314 g/mol. The first kappa shape index (κ1) is 73.2. The van der Waals surface area contributed by atoms with Crippen LogP contribution in [0.2, 0.25) is 0 Å². The molecule has 0 aromatic rings. The van der Waals surface area contributed by atoms with Gasteiger partial charge in [0.2, 0.25) is 0 Å². The number of aliphatic hydroxyl groups excluding tert-OH is 1. The van der Waals surface area contributed by atoms with Gasteiger partial charge >= 0.3 is 0 Å². The average molecular weight is 317 g/mol. The molecule has 0 spiro atoms. The number of halogens is 4. The summed E-state index contributed by atoms with van der Waals surface area (Å²) in [6.45, 7) is 0. The fourth-order valence-corrected chi connectivity index (χ4v) is 0.